The Balaban J connectivity index is 2.39. The van der Waals surface area contributed by atoms with Crippen molar-refractivity contribution in [1.29, 1.82) is 0 Å². The Hall–Kier alpha value is -0.920. The van der Waals surface area contributed by atoms with Crippen molar-refractivity contribution in [2.45, 2.75) is 50.1 Å². The van der Waals surface area contributed by atoms with Crippen LogP contribution in [-0.2, 0) is 19.6 Å². The van der Waals surface area contributed by atoms with Gasteiger partial charge in [0, 0.05) is 11.4 Å². The molecule has 2 unspecified atom stereocenters. The maximum Gasteiger partial charge on any atom is 0.324 e. The Labute approximate surface area is 146 Å². The summed E-state index contributed by atoms with van der Waals surface area (Å²) in [5.41, 5.74) is 0.990. The first-order valence-corrected chi connectivity index (χ1v) is 10.3. The van der Waals surface area contributed by atoms with Crippen molar-refractivity contribution in [3.63, 3.8) is 0 Å². The highest BCUT2D eigenvalue weighted by atomic mass is 79.9. The lowest BCUT2D eigenvalue weighted by Crippen LogP contribution is -2.45. The van der Waals surface area contributed by atoms with E-state index in [9.17, 15) is 13.2 Å². The van der Waals surface area contributed by atoms with Gasteiger partial charge in [0.2, 0.25) is 10.0 Å². The highest BCUT2D eigenvalue weighted by molar-refractivity contribution is 9.09. The second-order valence-corrected chi connectivity index (χ2v) is 8.26. The minimum Gasteiger partial charge on any atom is -0.465 e. The van der Waals surface area contributed by atoms with Gasteiger partial charge in [-0.15, -0.1) is 0 Å². The number of halogens is 1. The number of rotatable bonds is 6. The van der Waals surface area contributed by atoms with Crippen molar-refractivity contribution in [3.8, 4) is 0 Å². The minimum atomic E-state index is -3.73. The number of hydrogen-bond donors (Lipinski definition) is 0. The molecule has 0 N–H and O–H groups in total. The van der Waals surface area contributed by atoms with Crippen LogP contribution >= 0.6 is 15.9 Å². The van der Waals surface area contributed by atoms with Crippen LogP contribution < -0.4 is 0 Å². The Morgan fingerprint density at radius 2 is 1.96 bits per heavy atom. The van der Waals surface area contributed by atoms with Crippen molar-refractivity contribution in [3.05, 3.63) is 29.8 Å². The second kappa shape index (κ2) is 7.77. The predicted molar refractivity (Wildman–Crippen MR) is 92.1 cm³/mol. The van der Waals surface area contributed by atoms with Crippen LogP contribution in [0.4, 0.5) is 0 Å². The van der Waals surface area contributed by atoms with Crippen molar-refractivity contribution >= 4 is 31.9 Å². The molecule has 0 spiro atoms. The highest BCUT2D eigenvalue weighted by Gasteiger charge is 2.45. The Morgan fingerprint density at radius 1 is 1.30 bits per heavy atom. The second-order valence-electron chi connectivity index (χ2n) is 5.62. The van der Waals surface area contributed by atoms with Crippen LogP contribution in [0.15, 0.2) is 29.2 Å². The van der Waals surface area contributed by atoms with Crippen molar-refractivity contribution in [2.75, 3.05) is 11.9 Å². The molecular formula is C16H22BrNO4S. The van der Waals surface area contributed by atoms with Crippen LogP contribution in [-0.4, -0.2) is 42.7 Å². The van der Waals surface area contributed by atoms with Gasteiger partial charge in [0.15, 0.2) is 0 Å². The number of alkyl halides is 1. The summed E-state index contributed by atoms with van der Waals surface area (Å²) in [6, 6.07) is 5.80. The lowest BCUT2D eigenvalue weighted by Gasteiger charge is -2.28. The van der Waals surface area contributed by atoms with E-state index in [1.807, 2.05) is 6.92 Å². The lowest BCUT2D eigenvalue weighted by atomic mass is 10.1. The summed E-state index contributed by atoms with van der Waals surface area (Å²) in [5, 5.41) is 0.688. The summed E-state index contributed by atoms with van der Waals surface area (Å²) in [5.74, 6) is -0.458. The standard InChI is InChI=1S/C16H22BrNO4S/c1-3-22-16(19)15-9-6-13(10-11-17)18(15)23(20,21)14-7-4-12(2)5-8-14/h4-5,7-8,13,15H,3,6,9-11H2,1-2H3. The van der Waals surface area contributed by atoms with Crippen molar-refractivity contribution < 1.29 is 17.9 Å². The number of benzene rings is 1. The van der Waals surface area contributed by atoms with E-state index in [1.54, 1.807) is 31.2 Å². The molecule has 0 aliphatic carbocycles. The zero-order valence-electron chi connectivity index (χ0n) is 13.4. The van der Waals surface area contributed by atoms with Crippen LogP contribution in [0.2, 0.25) is 0 Å². The highest BCUT2D eigenvalue weighted by Crippen LogP contribution is 2.33. The third-order valence-corrected chi connectivity index (χ3v) is 6.47. The van der Waals surface area contributed by atoms with E-state index in [0.717, 1.165) is 5.56 Å². The van der Waals surface area contributed by atoms with E-state index < -0.39 is 22.0 Å². The molecule has 0 radical (unpaired) electrons. The van der Waals surface area contributed by atoms with E-state index in [4.69, 9.17) is 4.74 Å². The first kappa shape index (κ1) is 18.4. The quantitative estimate of drug-likeness (QED) is 0.540. The fourth-order valence-electron chi connectivity index (χ4n) is 2.91. The molecule has 1 saturated heterocycles. The molecule has 23 heavy (non-hydrogen) atoms. The molecule has 7 heteroatoms. The third-order valence-electron chi connectivity index (χ3n) is 4.04. The average Bonchev–Trinajstić information content (AvgIpc) is 2.93. The summed E-state index contributed by atoms with van der Waals surface area (Å²) in [6.45, 7) is 3.87. The van der Waals surface area contributed by atoms with Gasteiger partial charge in [-0.25, -0.2) is 8.42 Å². The van der Waals surface area contributed by atoms with Crippen LogP contribution in [0.25, 0.3) is 0 Å². The molecule has 0 bridgehead atoms. The van der Waals surface area contributed by atoms with E-state index in [-0.39, 0.29) is 17.5 Å². The van der Waals surface area contributed by atoms with Gasteiger partial charge in [-0.3, -0.25) is 4.79 Å². The van der Waals surface area contributed by atoms with Gasteiger partial charge in [-0.1, -0.05) is 33.6 Å². The van der Waals surface area contributed by atoms with Gasteiger partial charge in [-0.2, -0.15) is 4.31 Å². The molecule has 1 aliphatic heterocycles. The molecule has 2 atom stereocenters. The number of aryl methyl sites for hydroxylation is 1. The van der Waals surface area contributed by atoms with Crippen molar-refractivity contribution in [1.82, 2.24) is 4.31 Å². The molecule has 128 valence electrons. The number of carbonyl (C=O) groups is 1. The SMILES string of the molecule is CCOC(=O)C1CCC(CCBr)N1S(=O)(=O)c1ccc(C)cc1. The Bertz CT molecular complexity index is 645. The molecule has 1 fully saturated rings. The maximum atomic E-state index is 13.1. The zero-order valence-corrected chi connectivity index (χ0v) is 15.8. The van der Waals surface area contributed by atoms with Gasteiger partial charge in [-0.05, 0) is 45.2 Å². The van der Waals surface area contributed by atoms with Gasteiger partial charge >= 0.3 is 5.97 Å². The normalized spacial score (nSPS) is 22.2. The molecule has 0 aromatic heterocycles. The molecule has 0 amide bonds. The molecule has 1 aromatic rings. The number of nitrogens with zero attached hydrogens (tertiary/aromatic N) is 1. The summed E-state index contributed by atoms with van der Waals surface area (Å²) in [6.07, 6.45) is 1.84. The smallest absolute Gasteiger partial charge is 0.324 e. The van der Waals surface area contributed by atoms with Gasteiger partial charge in [0.1, 0.15) is 6.04 Å². The maximum absolute atomic E-state index is 13.1. The lowest BCUT2D eigenvalue weighted by molar-refractivity contribution is -0.147. The Morgan fingerprint density at radius 3 is 2.52 bits per heavy atom. The topological polar surface area (TPSA) is 63.7 Å². The summed E-state index contributed by atoms with van der Waals surface area (Å²) < 4.78 is 32.5. The number of carbonyl (C=O) groups excluding carboxylic acids is 1. The summed E-state index contributed by atoms with van der Waals surface area (Å²) in [7, 11) is -3.73. The van der Waals surface area contributed by atoms with E-state index >= 15 is 0 Å². The molecule has 1 aliphatic rings. The third kappa shape index (κ3) is 3.95. The minimum absolute atomic E-state index is 0.185. The van der Waals surface area contributed by atoms with Gasteiger partial charge in [0.05, 0.1) is 11.5 Å². The molecule has 2 rings (SSSR count). The Kier molecular flexibility index (Phi) is 6.22. The molecule has 0 saturated carbocycles. The summed E-state index contributed by atoms with van der Waals surface area (Å²) in [4.78, 5) is 12.4. The van der Waals surface area contributed by atoms with Crippen LogP contribution in [0, 0.1) is 6.92 Å². The van der Waals surface area contributed by atoms with Crippen molar-refractivity contribution in [2.24, 2.45) is 0 Å². The largest absolute Gasteiger partial charge is 0.465 e. The van der Waals surface area contributed by atoms with E-state index in [2.05, 4.69) is 15.9 Å². The van der Waals surface area contributed by atoms with Gasteiger partial charge < -0.3 is 4.74 Å². The first-order valence-electron chi connectivity index (χ1n) is 7.74. The molecule has 5 nitrogen and oxygen atoms in total. The van der Waals surface area contributed by atoms with Gasteiger partial charge in [0.25, 0.3) is 0 Å². The van der Waals surface area contributed by atoms with Crippen LogP contribution in [0.1, 0.15) is 31.7 Å². The molecule has 1 aromatic carbocycles. The number of sulfonamides is 1. The number of ether oxygens (including phenoxy) is 1. The van der Waals surface area contributed by atoms with Crippen LogP contribution in [0.5, 0.6) is 0 Å². The number of esters is 1. The van der Waals surface area contributed by atoms with Crippen LogP contribution in [0.3, 0.4) is 0 Å². The molecule has 1 heterocycles. The van der Waals surface area contributed by atoms with E-state index in [1.165, 1.54) is 4.31 Å². The monoisotopic (exact) mass is 403 g/mol. The van der Waals surface area contributed by atoms with E-state index in [0.29, 0.717) is 24.6 Å². The predicted octanol–water partition coefficient (Wildman–Crippen LogP) is 2.86. The zero-order chi connectivity index (χ0) is 17.0. The average molecular weight is 404 g/mol. The molecular weight excluding hydrogens is 382 g/mol. The fraction of sp³-hybridized carbons (Fsp3) is 0.562. The summed E-state index contributed by atoms with van der Waals surface area (Å²) >= 11 is 3.37. The fourth-order valence-corrected chi connectivity index (χ4v) is 5.29. The number of hydrogen-bond acceptors (Lipinski definition) is 4. The first-order chi connectivity index (χ1) is 10.9.